The molecule has 3 nitrogen and oxygen atoms in total. The van der Waals surface area contributed by atoms with Gasteiger partial charge in [-0.3, -0.25) is 4.79 Å². The second-order valence-electron chi connectivity index (χ2n) is 2.06. The van der Waals surface area contributed by atoms with Crippen molar-refractivity contribution in [1.29, 1.82) is 0 Å². The summed E-state index contributed by atoms with van der Waals surface area (Å²) in [4.78, 5) is 10.9. The highest BCUT2D eigenvalue weighted by atomic mass is 32.1. The van der Waals surface area contributed by atoms with Gasteiger partial charge in [0.05, 0.1) is 0 Å². The quantitative estimate of drug-likeness (QED) is 0.651. The fourth-order valence-electron chi connectivity index (χ4n) is 0.626. The van der Waals surface area contributed by atoms with Crippen molar-refractivity contribution in [2.75, 3.05) is 0 Å². The van der Waals surface area contributed by atoms with Crippen molar-refractivity contribution in [2.45, 2.75) is 19.8 Å². The van der Waals surface area contributed by atoms with E-state index in [9.17, 15) is 4.79 Å². The van der Waals surface area contributed by atoms with Crippen LogP contribution in [0, 0.1) is 0 Å². The van der Waals surface area contributed by atoms with Gasteiger partial charge in [-0.1, -0.05) is 6.92 Å². The summed E-state index contributed by atoms with van der Waals surface area (Å²) in [6.07, 6.45) is 1.26. The SMILES string of the molecule is CCCC(=O)Oc1ccsn1. The van der Waals surface area contributed by atoms with Gasteiger partial charge in [0, 0.05) is 17.9 Å². The molecule has 0 atom stereocenters. The van der Waals surface area contributed by atoms with E-state index in [1.54, 1.807) is 11.4 Å². The average molecular weight is 171 g/mol. The molecular formula is C7H9NO2S. The van der Waals surface area contributed by atoms with E-state index in [0.717, 1.165) is 6.42 Å². The monoisotopic (exact) mass is 171 g/mol. The predicted molar refractivity (Wildman–Crippen MR) is 42.7 cm³/mol. The standard InChI is InChI=1S/C7H9NO2S/c1-2-3-7(9)10-6-4-5-11-8-6/h4-5H,2-3H2,1H3. The highest BCUT2D eigenvalue weighted by Gasteiger charge is 2.03. The molecule has 0 fully saturated rings. The maximum Gasteiger partial charge on any atom is 0.312 e. The maximum absolute atomic E-state index is 10.9. The molecule has 0 bridgehead atoms. The second-order valence-corrected chi connectivity index (χ2v) is 2.73. The second kappa shape index (κ2) is 4.08. The Bertz CT molecular complexity index is 220. The van der Waals surface area contributed by atoms with Crippen LogP contribution in [0.2, 0.25) is 0 Å². The zero-order chi connectivity index (χ0) is 8.10. The molecule has 0 aliphatic heterocycles. The molecular weight excluding hydrogens is 162 g/mol. The fraction of sp³-hybridized carbons (Fsp3) is 0.429. The Hall–Kier alpha value is -0.900. The largest absolute Gasteiger partial charge is 0.407 e. The van der Waals surface area contributed by atoms with Crippen LogP contribution >= 0.6 is 11.5 Å². The van der Waals surface area contributed by atoms with Gasteiger partial charge in [0.25, 0.3) is 0 Å². The zero-order valence-corrected chi connectivity index (χ0v) is 7.06. The predicted octanol–water partition coefficient (Wildman–Crippen LogP) is 1.85. The first-order valence-electron chi connectivity index (χ1n) is 3.44. The van der Waals surface area contributed by atoms with Crippen LogP contribution in [0.25, 0.3) is 0 Å². The van der Waals surface area contributed by atoms with Gasteiger partial charge in [-0.2, -0.15) is 4.37 Å². The Labute approximate surface area is 69.2 Å². The highest BCUT2D eigenvalue weighted by Crippen LogP contribution is 2.09. The highest BCUT2D eigenvalue weighted by molar-refractivity contribution is 7.03. The zero-order valence-electron chi connectivity index (χ0n) is 6.24. The summed E-state index contributed by atoms with van der Waals surface area (Å²) in [5.41, 5.74) is 0. The molecule has 4 heteroatoms. The summed E-state index contributed by atoms with van der Waals surface area (Å²) in [7, 11) is 0. The van der Waals surface area contributed by atoms with Crippen LogP contribution in [-0.4, -0.2) is 10.3 Å². The summed E-state index contributed by atoms with van der Waals surface area (Å²) < 4.78 is 8.69. The lowest BCUT2D eigenvalue weighted by atomic mass is 10.3. The van der Waals surface area contributed by atoms with Crippen molar-refractivity contribution in [2.24, 2.45) is 0 Å². The smallest absolute Gasteiger partial charge is 0.312 e. The van der Waals surface area contributed by atoms with Gasteiger partial charge in [-0.25, -0.2) is 0 Å². The van der Waals surface area contributed by atoms with Crippen LogP contribution in [0.4, 0.5) is 0 Å². The molecule has 0 saturated carbocycles. The molecule has 0 saturated heterocycles. The average Bonchev–Trinajstić information content (AvgIpc) is 2.40. The Balaban J connectivity index is 2.37. The first-order valence-corrected chi connectivity index (χ1v) is 4.27. The van der Waals surface area contributed by atoms with Crippen LogP contribution in [0.15, 0.2) is 11.4 Å². The van der Waals surface area contributed by atoms with Gasteiger partial charge in [-0.05, 0) is 18.0 Å². The number of aromatic nitrogens is 1. The number of hydrogen-bond acceptors (Lipinski definition) is 4. The molecule has 1 aromatic heterocycles. The summed E-state index contributed by atoms with van der Waals surface area (Å²) in [5, 5.41) is 1.77. The molecule has 60 valence electrons. The lowest BCUT2D eigenvalue weighted by molar-refractivity contribution is -0.134. The molecule has 1 rings (SSSR count). The number of rotatable bonds is 3. The van der Waals surface area contributed by atoms with Crippen molar-refractivity contribution >= 4 is 17.5 Å². The van der Waals surface area contributed by atoms with E-state index in [1.807, 2.05) is 6.92 Å². The third-order valence-electron chi connectivity index (χ3n) is 1.09. The van der Waals surface area contributed by atoms with Crippen molar-refractivity contribution in [3.63, 3.8) is 0 Å². The lowest BCUT2D eigenvalue weighted by Crippen LogP contribution is -2.06. The minimum atomic E-state index is -0.210. The van der Waals surface area contributed by atoms with Crippen LogP contribution in [0.3, 0.4) is 0 Å². The maximum atomic E-state index is 10.9. The molecule has 0 N–H and O–H groups in total. The first-order chi connectivity index (χ1) is 5.33. The van der Waals surface area contributed by atoms with E-state index in [2.05, 4.69) is 4.37 Å². The number of carbonyl (C=O) groups excluding carboxylic acids is 1. The van der Waals surface area contributed by atoms with Gasteiger partial charge in [0.2, 0.25) is 5.88 Å². The number of hydrogen-bond donors (Lipinski definition) is 0. The summed E-state index contributed by atoms with van der Waals surface area (Å²) in [6.45, 7) is 1.93. The fourth-order valence-corrected chi connectivity index (χ4v) is 1.07. The Kier molecular flexibility index (Phi) is 3.04. The normalized spacial score (nSPS) is 9.55. The third kappa shape index (κ3) is 2.67. The van der Waals surface area contributed by atoms with E-state index >= 15 is 0 Å². The topological polar surface area (TPSA) is 39.2 Å². The van der Waals surface area contributed by atoms with E-state index < -0.39 is 0 Å². The number of ether oxygens (including phenoxy) is 1. The van der Waals surface area contributed by atoms with Gasteiger partial charge >= 0.3 is 5.97 Å². The molecule has 0 spiro atoms. The van der Waals surface area contributed by atoms with Crippen LogP contribution in [-0.2, 0) is 4.79 Å². The van der Waals surface area contributed by atoms with E-state index in [0.29, 0.717) is 12.3 Å². The van der Waals surface area contributed by atoms with E-state index in [-0.39, 0.29) is 5.97 Å². The van der Waals surface area contributed by atoms with Crippen molar-refractivity contribution in [3.8, 4) is 5.88 Å². The Morgan fingerprint density at radius 2 is 2.64 bits per heavy atom. The molecule has 0 unspecified atom stereocenters. The van der Waals surface area contributed by atoms with E-state index in [4.69, 9.17) is 4.74 Å². The minimum Gasteiger partial charge on any atom is -0.407 e. The van der Waals surface area contributed by atoms with Gasteiger partial charge in [0.15, 0.2) is 0 Å². The molecule has 0 aliphatic carbocycles. The Morgan fingerprint density at radius 3 is 3.18 bits per heavy atom. The van der Waals surface area contributed by atoms with Gasteiger partial charge < -0.3 is 4.74 Å². The van der Waals surface area contributed by atoms with Crippen LogP contribution in [0.1, 0.15) is 19.8 Å². The van der Waals surface area contributed by atoms with Crippen molar-refractivity contribution in [3.05, 3.63) is 11.4 Å². The molecule has 0 amide bonds. The number of esters is 1. The van der Waals surface area contributed by atoms with Crippen LogP contribution in [0.5, 0.6) is 5.88 Å². The molecule has 0 radical (unpaired) electrons. The number of nitrogens with zero attached hydrogens (tertiary/aromatic N) is 1. The van der Waals surface area contributed by atoms with Crippen molar-refractivity contribution in [1.82, 2.24) is 4.37 Å². The van der Waals surface area contributed by atoms with E-state index in [1.165, 1.54) is 11.5 Å². The summed E-state index contributed by atoms with van der Waals surface area (Å²) in [6, 6.07) is 1.68. The van der Waals surface area contributed by atoms with Crippen molar-refractivity contribution < 1.29 is 9.53 Å². The molecule has 0 aromatic carbocycles. The van der Waals surface area contributed by atoms with Gasteiger partial charge in [-0.15, -0.1) is 0 Å². The molecule has 1 heterocycles. The summed E-state index contributed by atoms with van der Waals surface area (Å²) in [5.74, 6) is 0.201. The first kappa shape index (κ1) is 8.20. The Morgan fingerprint density at radius 1 is 1.82 bits per heavy atom. The van der Waals surface area contributed by atoms with Crippen LogP contribution < -0.4 is 4.74 Å². The molecule has 0 aliphatic rings. The van der Waals surface area contributed by atoms with Gasteiger partial charge in [0.1, 0.15) is 0 Å². The molecule has 1 aromatic rings. The number of carbonyl (C=O) groups is 1. The minimum absolute atomic E-state index is 0.210. The third-order valence-corrected chi connectivity index (χ3v) is 1.63. The molecule has 11 heavy (non-hydrogen) atoms. The lowest BCUT2D eigenvalue weighted by Gasteiger charge is -1.96. The summed E-state index contributed by atoms with van der Waals surface area (Å²) >= 11 is 1.27.